The third kappa shape index (κ3) is 6.07. The number of hydrogen-bond acceptors (Lipinski definition) is 6. The van der Waals surface area contributed by atoms with Gasteiger partial charge in [-0.25, -0.2) is 9.97 Å². The minimum atomic E-state index is -4.70. The van der Waals surface area contributed by atoms with Gasteiger partial charge >= 0.3 is 12.1 Å². The van der Waals surface area contributed by atoms with Crippen molar-refractivity contribution >= 4 is 27.6 Å². The lowest BCUT2D eigenvalue weighted by molar-refractivity contribution is -0.146. The zero-order chi connectivity index (χ0) is 26.0. The number of aryl methyl sites for hydroxylation is 1. The largest absolute Gasteiger partial charge is 0.481 e. The number of anilines is 2. The zero-order valence-corrected chi connectivity index (χ0v) is 19.8. The number of sulfonamides is 1. The summed E-state index contributed by atoms with van der Waals surface area (Å²) in [6.07, 6.45) is -4.70. The quantitative estimate of drug-likeness (QED) is 0.400. The predicted molar refractivity (Wildman–Crippen MR) is 124 cm³/mol. The lowest BCUT2D eigenvalue weighted by Gasteiger charge is -2.20. The van der Waals surface area contributed by atoms with Crippen molar-refractivity contribution in [2.24, 2.45) is 5.41 Å². The number of rotatable bonds is 8. The average molecular weight is 509 g/mol. The summed E-state index contributed by atoms with van der Waals surface area (Å²) in [5.41, 5.74) is -1.79. The molecule has 0 aliphatic heterocycles. The number of aliphatic carboxylic acids is 1. The van der Waals surface area contributed by atoms with E-state index in [0.29, 0.717) is 5.56 Å². The maximum atomic E-state index is 13.6. The van der Waals surface area contributed by atoms with Gasteiger partial charge in [-0.15, -0.1) is 0 Å². The molecule has 0 saturated carbocycles. The summed E-state index contributed by atoms with van der Waals surface area (Å²) in [5, 5.41) is 11.6. The summed E-state index contributed by atoms with van der Waals surface area (Å²) in [7, 11) is -4.32. The molecule has 0 spiro atoms. The third-order valence-electron chi connectivity index (χ3n) is 5.13. The first-order chi connectivity index (χ1) is 16.2. The normalized spacial score (nSPS) is 12.3. The Balaban J connectivity index is 1.93. The number of nitrogens with one attached hydrogen (secondary N) is 2. The highest BCUT2D eigenvalue weighted by atomic mass is 32.2. The highest BCUT2D eigenvalue weighted by Gasteiger charge is 2.35. The Kier molecular flexibility index (Phi) is 7.06. The van der Waals surface area contributed by atoms with Gasteiger partial charge in [0.15, 0.2) is 5.03 Å². The van der Waals surface area contributed by atoms with Gasteiger partial charge < -0.3 is 10.4 Å². The molecular formula is C23H23F3N4O4S. The lowest BCUT2D eigenvalue weighted by atomic mass is 9.94. The number of hydrogen-bond donors (Lipinski definition) is 3. The van der Waals surface area contributed by atoms with Crippen LogP contribution in [-0.4, -0.2) is 36.0 Å². The SMILES string of the molecule is Cc1ccccc1-c1nc(NS(=O)(=O)c2cccc(NCC(C)(C)C(=O)O)n2)ccc1C(F)(F)F. The van der Waals surface area contributed by atoms with E-state index in [1.807, 2.05) is 0 Å². The van der Waals surface area contributed by atoms with Crippen molar-refractivity contribution in [3.05, 3.63) is 65.7 Å². The molecule has 0 fully saturated rings. The molecule has 1 aromatic carbocycles. The summed E-state index contributed by atoms with van der Waals surface area (Å²) < 4.78 is 68.8. The van der Waals surface area contributed by atoms with Gasteiger partial charge in [0.25, 0.3) is 10.0 Å². The molecule has 0 bridgehead atoms. The monoisotopic (exact) mass is 508 g/mol. The first-order valence-electron chi connectivity index (χ1n) is 10.3. The molecule has 2 heterocycles. The number of nitrogens with zero attached hydrogens (tertiary/aromatic N) is 2. The van der Waals surface area contributed by atoms with Crippen molar-refractivity contribution < 1.29 is 31.5 Å². The molecule has 0 atom stereocenters. The number of alkyl halides is 3. The van der Waals surface area contributed by atoms with Crippen LogP contribution in [0.25, 0.3) is 11.3 Å². The minimum absolute atomic E-state index is 0.0213. The number of carboxylic acid groups (broad SMARTS) is 1. The van der Waals surface area contributed by atoms with E-state index < -0.39 is 43.9 Å². The number of pyridine rings is 2. The standard InChI is InChI=1S/C23H23F3N4O4S/c1-14-7-4-5-8-15(14)20-16(23(24,25)26)11-12-18(29-20)30-35(33,34)19-10-6-9-17(28-19)27-13-22(2,3)21(31)32/h4-12H,13H2,1-3H3,(H,27,28)(H,29,30)(H,31,32). The second-order valence-electron chi connectivity index (χ2n) is 8.41. The summed E-state index contributed by atoms with van der Waals surface area (Å²) in [6, 6.07) is 12.1. The van der Waals surface area contributed by atoms with E-state index in [1.165, 1.54) is 38.1 Å². The van der Waals surface area contributed by atoms with Crippen LogP contribution in [0.15, 0.2) is 59.6 Å². The topological polar surface area (TPSA) is 121 Å². The molecule has 3 rings (SSSR count). The molecule has 2 aromatic heterocycles. The molecule has 12 heteroatoms. The fraction of sp³-hybridized carbons (Fsp3) is 0.261. The van der Waals surface area contributed by atoms with E-state index in [4.69, 9.17) is 0 Å². The van der Waals surface area contributed by atoms with Crippen LogP contribution in [0, 0.1) is 12.3 Å². The summed E-state index contributed by atoms with van der Waals surface area (Å²) in [4.78, 5) is 19.2. The molecule has 0 aliphatic rings. The second kappa shape index (κ2) is 9.53. The van der Waals surface area contributed by atoms with Crippen LogP contribution in [0.3, 0.4) is 0 Å². The summed E-state index contributed by atoms with van der Waals surface area (Å²) in [6.45, 7) is 4.59. The second-order valence-corrected chi connectivity index (χ2v) is 10.0. The van der Waals surface area contributed by atoms with Gasteiger partial charge in [-0.1, -0.05) is 30.3 Å². The van der Waals surface area contributed by atoms with Gasteiger partial charge in [-0.05, 0) is 50.6 Å². The molecule has 186 valence electrons. The molecular weight excluding hydrogens is 485 g/mol. The average Bonchev–Trinajstić information content (AvgIpc) is 2.77. The molecule has 0 aliphatic carbocycles. The van der Waals surface area contributed by atoms with Crippen LogP contribution in [0.4, 0.5) is 24.8 Å². The number of carboxylic acids is 1. The molecule has 8 nitrogen and oxygen atoms in total. The van der Waals surface area contributed by atoms with Crippen molar-refractivity contribution in [1.29, 1.82) is 0 Å². The molecule has 0 saturated heterocycles. The predicted octanol–water partition coefficient (Wildman–Crippen LogP) is 4.79. The molecule has 0 amide bonds. The highest BCUT2D eigenvalue weighted by Crippen LogP contribution is 2.38. The molecule has 35 heavy (non-hydrogen) atoms. The molecule has 0 radical (unpaired) electrons. The van der Waals surface area contributed by atoms with Crippen molar-refractivity contribution in [3.63, 3.8) is 0 Å². The van der Waals surface area contributed by atoms with E-state index in [2.05, 4.69) is 20.0 Å². The van der Waals surface area contributed by atoms with Gasteiger partial charge in [0.05, 0.1) is 16.7 Å². The Hall–Kier alpha value is -3.67. The Labute approximate surface area is 200 Å². The van der Waals surface area contributed by atoms with Crippen LogP contribution < -0.4 is 10.0 Å². The fourth-order valence-electron chi connectivity index (χ4n) is 3.03. The lowest BCUT2D eigenvalue weighted by Crippen LogP contribution is -2.32. The van der Waals surface area contributed by atoms with Crippen molar-refractivity contribution in [2.75, 3.05) is 16.6 Å². The Morgan fingerprint density at radius 1 is 0.971 bits per heavy atom. The first-order valence-corrected chi connectivity index (χ1v) is 11.8. The van der Waals surface area contributed by atoms with Gasteiger partial charge in [0.2, 0.25) is 0 Å². The van der Waals surface area contributed by atoms with Crippen LogP contribution in [-0.2, 0) is 21.0 Å². The summed E-state index contributed by atoms with van der Waals surface area (Å²) in [5.74, 6) is -1.25. The zero-order valence-electron chi connectivity index (χ0n) is 19.0. The number of carbonyl (C=O) groups is 1. The van der Waals surface area contributed by atoms with Gasteiger partial charge in [-0.3, -0.25) is 9.52 Å². The van der Waals surface area contributed by atoms with E-state index in [1.54, 1.807) is 25.1 Å². The Morgan fingerprint density at radius 3 is 2.29 bits per heavy atom. The number of halogens is 3. The Morgan fingerprint density at radius 2 is 1.66 bits per heavy atom. The van der Waals surface area contributed by atoms with Gasteiger partial charge in [0, 0.05) is 12.1 Å². The van der Waals surface area contributed by atoms with Crippen LogP contribution in [0.1, 0.15) is 25.0 Å². The highest BCUT2D eigenvalue weighted by molar-refractivity contribution is 7.92. The van der Waals surface area contributed by atoms with Crippen LogP contribution in [0.5, 0.6) is 0 Å². The third-order valence-corrected chi connectivity index (χ3v) is 6.38. The Bertz CT molecular complexity index is 1360. The number of benzene rings is 1. The first kappa shape index (κ1) is 25.9. The van der Waals surface area contributed by atoms with Gasteiger partial charge in [-0.2, -0.15) is 21.6 Å². The van der Waals surface area contributed by atoms with E-state index in [-0.39, 0.29) is 23.7 Å². The number of aromatic nitrogens is 2. The van der Waals surface area contributed by atoms with E-state index in [9.17, 15) is 31.5 Å². The van der Waals surface area contributed by atoms with Gasteiger partial charge in [0.1, 0.15) is 11.6 Å². The minimum Gasteiger partial charge on any atom is -0.481 e. The molecule has 3 N–H and O–H groups in total. The smallest absolute Gasteiger partial charge is 0.418 e. The molecule has 3 aromatic rings. The van der Waals surface area contributed by atoms with Crippen molar-refractivity contribution in [1.82, 2.24) is 9.97 Å². The van der Waals surface area contributed by atoms with Crippen LogP contribution >= 0.6 is 0 Å². The van der Waals surface area contributed by atoms with E-state index in [0.717, 1.165) is 12.1 Å². The fourth-order valence-corrected chi connectivity index (χ4v) is 4.00. The van der Waals surface area contributed by atoms with Crippen LogP contribution in [0.2, 0.25) is 0 Å². The summed E-state index contributed by atoms with van der Waals surface area (Å²) >= 11 is 0. The maximum absolute atomic E-state index is 13.6. The van der Waals surface area contributed by atoms with Crippen molar-refractivity contribution in [3.8, 4) is 11.3 Å². The maximum Gasteiger partial charge on any atom is 0.418 e. The van der Waals surface area contributed by atoms with Crippen molar-refractivity contribution in [2.45, 2.75) is 32.0 Å². The molecule has 0 unspecified atom stereocenters. The van der Waals surface area contributed by atoms with E-state index >= 15 is 0 Å².